The van der Waals surface area contributed by atoms with Gasteiger partial charge >= 0.3 is 0 Å². The third-order valence-electron chi connectivity index (χ3n) is 3.40. The number of H-pyrrole nitrogens is 1. The maximum Gasteiger partial charge on any atom is 0.129 e. The summed E-state index contributed by atoms with van der Waals surface area (Å²) < 4.78 is 5.99. The molecule has 0 radical (unpaired) electrons. The standard InChI is InChI=1S/C18H20N2O/c1-20(2)12-15-11-16-17(19-15)9-6-10-18(16)21-13-14-7-4-3-5-8-14/h3-11,19H,12-13H2,1-2H3. The second-order valence-corrected chi connectivity index (χ2v) is 5.52. The van der Waals surface area contributed by atoms with Crippen LogP contribution in [0.2, 0.25) is 0 Å². The average Bonchev–Trinajstić information content (AvgIpc) is 2.88. The zero-order valence-electron chi connectivity index (χ0n) is 12.5. The Morgan fingerprint density at radius 2 is 1.81 bits per heavy atom. The van der Waals surface area contributed by atoms with Crippen molar-refractivity contribution in [2.45, 2.75) is 13.2 Å². The fourth-order valence-corrected chi connectivity index (χ4v) is 2.47. The molecule has 0 bridgehead atoms. The lowest BCUT2D eigenvalue weighted by molar-refractivity contribution is 0.310. The van der Waals surface area contributed by atoms with Crippen LogP contribution in [0.25, 0.3) is 10.9 Å². The summed E-state index contributed by atoms with van der Waals surface area (Å²) in [4.78, 5) is 5.59. The van der Waals surface area contributed by atoms with Gasteiger partial charge in [-0.15, -0.1) is 0 Å². The van der Waals surface area contributed by atoms with E-state index in [-0.39, 0.29) is 0 Å². The predicted octanol–water partition coefficient (Wildman–Crippen LogP) is 3.81. The first-order valence-corrected chi connectivity index (χ1v) is 7.14. The van der Waals surface area contributed by atoms with Gasteiger partial charge in [0.05, 0.1) is 0 Å². The van der Waals surface area contributed by atoms with E-state index in [1.807, 2.05) is 30.3 Å². The first-order chi connectivity index (χ1) is 10.2. The van der Waals surface area contributed by atoms with Crippen LogP contribution in [0.4, 0.5) is 0 Å². The van der Waals surface area contributed by atoms with E-state index in [1.54, 1.807) is 0 Å². The number of ether oxygens (including phenoxy) is 1. The lowest BCUT2D eigenvalue weighted by Crippen LogP contribution is -2.10. The summed E-state index contributed by atoms with van der Waals surface area (Å²) in [5, 5.41) is 1.14. The molecule has 21 heavy (non-hydrogen) atoms. The van der Waals surface area contributed by atoms with Crippen LogP contribution in [0.5, 0.6) is 5.75 Å². The van der Waals surface area contributed by atoms with Gasteiger partial charge in [0.2, 0.25) is 0 Å². The molecule has 2 aromatic carbocycles. The molecule has 0 aliphatic rings. The van der Waals surface area contributed by atoms with E-state index in [0.717, 1.165) is 23.2 Å². The highest BCUT2D eigenvalue weighted by atomic mass is 16.5. The molecular weight excluding hydrogens is 260 g/mol. The smallest absolute Gasteiger partial charge is 0.129 e. The van der Waals surface area contributed by atoms with Gasteiger partial charge in [-0.1, -0.05) is 36.4 Å². The summed E-state index contributed by atoms with van der Waals surface area (Å²) >= 11 is 0. The molecule has 0 aliphatic carbocycles. The Labute approximate surface area is 125 Å². The maximum atomic E-state index is 5.99. The fraction of sp³-hybridized carbons (Fsp3) is 0.222. The van der Waals surface area contributed by atoms with Crippen LogP contribution in [-0.4, -0.2) is 24.0 Å². The minimum absolute atomic E-state index is 0.591. The molecule has 1 aromatic heterocycles. The summed E-state index contributed by atoms with van der Waals surface area (Å²) in [6.07, 6.45) is 0. The molecule has 0 saturated heterocycles. The first kappa shape index (κ1) is 13.7. The van der Waals surface area contributed by atoms with Crippen molar-refractivity contribution in [1.82, 2.24) is 9.88 Å². The van der Waals surface area contributed by atoms with E-state index in [1.165, 1.54) is 11.3 Å². The third kappa shape index (κ3) is 3.26. The molecule has 0 unspecified atom stereocenters. The van der Waals surface area contributed by atoms with E-state index < -0.39 is 0 Å². The summed E-state index contributed by atoms with van der Waals surface area (Å²) in [7, 11) is 4.14. The molecule has 0 spiro atoms. The highest BCUT2D eigenvalue weighted by Crippen LogP contribution is 2.27. The number of aromatic amines is 1. The molecule has 0 saturated carbocycles. The number of rotatable bonds is 5. The average molecular weight is 280 g/mol. The molecule has 3 heteroatoms. The summed E-state index contributed by atoms with van der Waals surface area (Å²) in [6.45, 7) is 1.49. The van der Waals surface area contributed by atoms with Crippen LogP contribution in [0.1, 0.15) is 11.3 Å². The van der Waals surface area contributed by atoms with Crippen LogP contribution in [0.15, 0.2) is 54.6 Å². The summed E-state index contributed by atoms with van der Waals surface area (Å²) in [5.74, 6) is 0.928. The number of aromatic nitrogens is 1. The van der Waals surface area contributed by atoms with Crippen molar-refractivity contribution >= 4 is 10.9 Å². The lowest BCUT2D eigenvalue weighted by Gasteiger charge is -2.07. The largest absolute Gasteiger partial charge is 0.488 e. The van der Waals surface area contributed by atoms with Crippen LogP contribution in [0.3, 0.4) is 0 Å². The molecule has 108 valence electrons. The zero-order chi connectivity index (χ0) is 14.7. The van der Waals surface area contributed by atoms with Gasteiger partial charge in [-0.3, -0.25) is 0 Å². The van der Waals surface area contributed by atoms with Gasteiger partial charge in [0, 0.05) is 23.1 Å². The second-order valence-electron chi connectivity index (χ2n) is 5.52. The third-order valence-corrected chi connectivity index (χ3v) is 3.40. The lowest BCUT2D eigenvalue weighted by atomic mass is 10.2. The quantitative estimate of drug-likeness (QED) is 0.770. The molecule has 0 aliphatic heterocycles. The molecule has 3 aromatic rings. The van der Waals surface area contributed by atoms with E-state index in [4.69, 9.17) is 4.74 Å². The number of hydrogen-bond donors (Lipinski definition) is 1. The fourth-order valence-electron chi connectivity index (χ4n) is 2.47. The Hall–Kier alpha value is -2.26. The predicted molar refractivity (Wildman–Crippen MR) is 86.5 cm³/mol. The van der Waals surface area contributed by atoms with Gasteiger partial charge in [0.1, 0.15) is 12.4 Å². The molecular formula is C18H20N2O. The van der Waals surface area contributed by atoms with E-state index >= 15 is 0 Å². The van der Waals surface area contributed by atoms with Gasteiger partial charge in [0.25, 0.3) is 0 Å². The number of nitrogens with one attached hydrogen (secondary N) is 1. The zero-order valence-corrected chi connectivity index (χ0v) is 12.5. The Morgan fingerprint density at radius 1 is 1.00 bits per heavy atom. The molecule has 3 rings (SSSR count). The minimum atomic E-state index is 0.591. The number of benzene rings is 2. The van der Waals surface area contributed by atoms with Gasteiger partial charge in [-0.2, -0.15) is 0 Å². The Bertz CT molecular complexity index is 716. The van der Waals surface area contributed by atoms with Crippen molar-refractivity contribution < 1.29 is 4.74 Å². The van der Waals surface area contributed by atoms with Crippen LogP contribution >= 0.6 is 0 Å². The highest BCUT2D eigenvalue weighted by Gasteiger charge is 2.07. The van der Waals surface area contributed by atoms with Gasteiger partial charge in [0.15, 0.2) is 0 Å². The molecule has 3 nitrogen and oxygen atoms in total. The van der Waals surface area contributed by atoms with Gasteiger partial charge in [-0.05, 0) is 37.9 Å². The monoisotopic (exact) mass is 280 g/mol. The highest BCUT2D eigenvalue weighted by molar-refractivity contribution is 5.86. The van der Waals surface area contributed by atoms with Crippen LogP contribution in [0, 0.1) is 0 Å². The van der Waals surface area contributed by atoms with E-state index in [9.17, 15) is 0 Å². The van der Waals surface area contributed by atoms with Crippen molar-refractivity contribution in [2.75, 3.05) is 14.1 Å². The van der Waals surface area contributed by atoms with Crippen molar-refractivity contribution in [3.8, 4) is 5.75 Å². The van der Waals surface area contributed by atoms with Crippen LogP contribution < -0.4 is 4.74 Å². The van der Waals surface area contributed by atoms with Crippen molar-refractivity contribution in [3.05, 3.63) is 65.9 Å². The number of nitrogens with zero attached hydrogens (tertiary/aromatic N) is 1. The first-order valence-electron chi connectivity index (χ1n) is 7.14. The van der Waals surface area contributed by atoms with E-state index in [2.05, 4.69) is 48.2 Å². The number of hydrogen-bond acceptors (Lipinski definition) is 2. The number of fused-ring (bicyclic) bond motifs is 1. The topological polar surface area (TPSA) is 28.3 Å². The maximum absolute atomic E-state index is 5.99. The normalized spacial score (nSPS) is 11.2. The van der Waals surface area contributed by atoms with Gasteiger partial charge < -0.3 is 14.6 Å². The second kappa shape index (κ2) is 6.02. The van der Waals surface area contributed by atoms with Crippen LogP contribution in [-0.2, 0) is 13.2 Å². The van der Waals surface area contributed by atoms with Crippen molar-refractivity contribution in [2.24, 2.45) is 0 Å². The molecule has 0 amide bonds. The molecule has 0 fully saturated rings. The molecule has 1 N–H and O–H groups in total. The van der Waals surface area contributed by atoms with Crippen molar-refractivity contribution in [3.63, 3.8) is 0 Å². The Kier molecular flexibility index (Phi) is 3.93. The SMILES string of the molecule is CN(C)Cc1cc2c(OCc3ccccc3)cccc2[nH]1. The minimum Gasteiger partial charge on any atom is -0.488 e. The van der Waals surface area contributed by atoms with E-state index in [0.29, 0.717) is 6.61 Å². The van der Waals surface area contributed by atoms with Crippen molar-refractivity contribution in [1.29, 1.82) is 0 Å². The molecule has 1 heterocycles. The Morgan fingerprint density at radius 3 is 2.57 bits per heavy atom. The Balaban J connectivity index is 1.83. The van der Waals surface area contributed by atoms with Gasteiger partial charge in [-0.25, -0.2) is 0 Å². The summed E-state index contributed by atoms with van der Waals surface area (Å²) in [5.41, 5.74) is 3.50. The summed E-state index contributed by atoms with van der Waals surface area (Å²) in [6, 6.07) is 18.6. The molecule has 0 atom stereocenters.